The van der Waals surface area contributed by atoms with Gasteiger partial charge >= 0.3 is 6.18 Å². The van der Waals surface area contributed by atoms with Crippen molar-refractivity contribution in [2.24, 2.45) is 0 Å². The van der Waals surface area contributed by atoms with Gasteiger partial charge in [-0.05, 0) is 55.7 Å². The van der Waals surface area contributed by atoms with Gasteiger partial charge in [-0.25, -0.2) is 8.42 Å². The molecule has 0 spiro atoms. The smallest absolute Gasteiger partial charge is 0.259 e. The summed E-state index contributed by atoms with van der Waals surface area (Å²) in [5, 5.41) is 3.77. The second-order valence-electron chi connectivity index (χ2n) is 7.87. The van der Waals surface area contributed by atoms with E-state index in [9.17, 15) is 21.6 Å². The molecule has 0 radical (unpaired) electrons. The Morgan fingerprint density at radius 1 is 0.862 bits per heavy atom. The molecule has 0 fully saturated rings. The number of benzene rings is 2. The van der Waals surface area contributed by atoms with E-state index in [1.807, 2.05) is 0 Å². The monoisotopic (exact) mass is 422 g/mol. The van der Waals surface area contributed by atoms with Crippen molar-refractivity contribution < 1.29 is 21.6 Å². The van der Waals surface area contributed by atoms with Crippen LogP contribution in [0.2, 0.25) is 0 Å². The summed E-state index contributed by atoms with van der Waals surface area (Å²) in [6.45, 7) is 5.36. The molecule has 1 heterocycles. The summed E-state index contributed by atoms with van der Waals surface area (Å²) in [6.07, 6.45) is -3.39. The van der Waals surface area contributed by atoms with Crippen molar-refractivity contribution in [3.8, 4) is 22.4 Å². The number of nitrogens with zero attached hydrogens (tertiary/aromatic N) is 2. The number of sulfone groups is 1. The van der Waals surface area contributed by atoms with E-state index in [0.29, 0.717) is 16.8 Å². The van der Waals surface area contributed by atoms with Gasteiger partial charge in [0.05, 0.1) is 16.1 Å². The van der Waals surface area contributed by atoms with Crippen LogP contribution < -0.4 is 0 Å². The minimum atomic E-state index is -4.53. The van der Waals surface area contributed by atoms with Gasteiger partial charge in [0.2, 0.25) is 0 Å². The van der Waals surface area contributed by atoms with E-state index in [0.717, 1.165) is 17.9 Å². The zero-order valence-electron chi connectivity index (χ0n) is 16.4. The van der Waals surface area contributed by atoms with E-state index < -0.39 is 27.2 Å². The number of aromatic nitrogens is 2. The van der Waals surface area contributed by atoms with Crippen molar-refractivity contribution in [3.63, 3.8) is 0 Å². The lowest BCUT2D eigenvalue weighted by Crippen LogP contribution is -2.24. The fourth-order valence-electron chi connectivity index (χ4n) is 2.98. The first kappa shape index (κ1) is 21.1. The lowest BCUT2D eigenvalue weighted by atomic mass is 10.0. The summed E-state index contributed by atoms with van der Waals surface area (Å²) >= 11 is 0. The molecule has 0 N–H and O–H groups in total. The Morgan fingerprint density at radius 3 is 1.97 bits per heavy atom. The van der Waals surface area contributed by atoms with E-state index >= 15 is 0 Å². The first-order valence-electron chi connectivity index (χ1n) is 8.85. The van der Waals surface area contributed by atoms with Crippen LogP contribution in [-0.4, -0.2) is 24.5 Å². The molecule has 0 unspecified atom stereocenters. The zero-order valence-corrected chi connectivity index (χ0v) is 17.3. The molecule has 0 amide bonds. The Bertz CT molecular complexity index is 1140. The highest BCUT2D eigenvalue weighted by Crippen LogP contribution is 2.35. The molecular formula is C21H21F3N2O2S. The van der Waals surface area contributed by atoms with Crippen LogP contribution in [0.15, 0.2) is 59.5 Å². The molecule has 0 aliphatic carbocycles. The maximum absolute atomic E-state index is 13.2. The van der Waals surface area contributed by atoms with Crippen molar-refractivity contribution in [3.05, 3.63) is 60.3 Å². The van der Waals surface area contributed by atoms with Crippen LogP contribution in [0.4, 0.5) is 13.2 Å². The molecule has 3 rings (SSSR count). The van der Waals surface area contributed by atoms with Gasteiger partial charge in [0, 0.05) is 6.26 Å². The van der Waals surface area contributed by atoms with Crippen molar-refractivity contribution in [1.82, 2.24) is 9.78 Å². The first-order valence-corrected chi connectivity index (χ1v) is 10.7. The Hall–Kier alpha value is -2.61. The number of hydrogen-bond acceptors (Lipinski definition) is 3. The van der Waals surface area contributed by atoms with Gasteiger partial charge in [0.15, 0.2) is 15.5 Å². The third-order valence-electron chi connectivity index (χ3n) is 4.41. The number of alkyl halides is 3. The van der Waals surface area contributed by atoms with E-state index in [1.165, 1.54) is 10.7 Å². The first-order chi connectivity index (χ1) is 13.3. The molecule has 8 heteroatoms. The Labute approximate surface area is 167 Å². The average Bonchev–Trinajstić information content (AvgIpc) is 3.07. The Balaban J connectivity index is 2.05. The van der Waals surface area contributed by atoms with Gasteiger partial charge in [-0.2, -0.15) is 18.3 Å². The standard InChI is InChI=1S/C21H21F3N2O2S/c1-20(2,3)26-18(13-19(25-26)21(22,23)24)15-10-8-14(9-11-15)16-6-5-7-17(12-16)29(4,27)28/h5-13H,1-4H3. The van der Waals surface area contributed by atoms with Crippen molar-refractivity contribution in [2.75, 3.05) is 6.26 Å². The predicted molar refractivity (Wildman–Crippen MR) is 106 cm³/mol. The fraction of sp³-hybridized carbons (Fsp3) is 0.286. The van der Waals surface area contributed by atoms with Gasteiger partial charge in [-0.15, -0.1) is 0 Å². The van der Waals surface area contributed by atoms with Gasteiger partial charge in [-0.1, -0.05) is 36.4 Å². The third-order valence-corrected chi connectivity index (χ3v) is 5.52. The fourth-order valence-corrected chi connectivity index (χ4v) is 3.64. The summed E-state index contributed by atoms with van der Waals surface area (Å²) in [6, 6.07) is 14.5. The van der Waals surface area contributed by atoms with Crippen LogP contribution in [0.25, 0.3) is 22.4 Å². The lowest BCUT2D eigenvalue weighted by Gasteiger charge is -2.22. The van der Waals surface area contributed by atoms with Gasteiger partial charge in [-0.3, -0.25) is 4.68 Å². The van der Waals surface area contributed by atoms with Crippen LogP contribution >= 0.6 is 0 Å². The lowest BCUT2D eigenvalue weighted by molar-refractivity contribution is -0.141. The molecule has 0 bridgehead atoms. The molecule has 1 aromatic heterocycles. The summed E-state index contributed by atoms with van der Waals surface area (Å²) in [7, 11) is -3.34. The molecule has 4 nitrogen and oxygen atoms in total. The second-order valence-corrected chi connectivity index (χ2v) is 9.89. The van der Waals surface area contributed by atoms with Gasteiger partial charge in [0.25, 0.3) is 0 Å². The normalized spacial score (nSPS) is 12.9. The molecule has 0 saturated carbocycles. The van der Waals surface area contributed by atoms with E-state index in [2.05, 4.69) is 5.10 Å². The highest BCUT2D eigenvalue weighted by Gasteiger charge is 2.36. The highest BCUT2D eigenvalue weighted by atomic mass is 32.2. The maximum Gasteiger partial charge on any atom is 0.435 e. The average molecular weight is 422 g/mol. The highest BCUT2D eigenvalue weighted by molar-refractivity contribution is 7.90. The summed E-state index contributed by atoms with van der Waals surface area (Å²) in [5.74, 6) is 0. The summed E-state index contributed by atoms with van der Waals surface area (Å²) in [5.41, 5.74) is 0.845. The van der Waals surface area contributed by atoms with E-state index in [1.54, 1.807) is 63.2 Å². The predicted octanol–water partition coefficient (Wildman–Crippen LogP) is 5.39. The molecule has 29 heavy (non-hydrogen) atoms. The quantitative estimate of drug-likeness (QED) is 0.568. The molecule has 0 aliphatic rings. The second kappa shape index (κ2) is 7.02. The minimum Gasteiger partial charge on any atom is -0.259 e. The van der Waals surface area contributed by atoms with Crippen LogP contribution in [0, 0.1) is 0 Å². The minimum absolute atomic E-state index is 0.208. The molecule has 0 aliphatic heterocycles. The topological polar surface area (TPSA) is 52.0 Å². The van der Waals surface area contributed by atoms with Crippen LogP contribution in [0.1, 0.15) is 26.5 Å². The molecule has 3 aromatic rings. The van der Waals surface area contributed by atoms with Crippen LogP contribution in [0.3, 0.4) is 0 Å². The number of hydrogen-bond donors (Lipinski definition) is 0. The SMILES string of the molecule is CC(C)(C)n1nc(C(F)(F)F)cc1-c1ccc(-c2cccc(S(C)(=O)=O)c2)cc1. The van der Waals surface area contributed by atoms with E-state index in [4.69, 9.17) is 0 Å². The Kier molecular flexibility index (Phi) is 5.11. The zero-order chi connectivity index (χ0) is 21.6. The van der Waals surface area contributed by atoms with Crippen molar-refractivity contribution in [1.29, 1.82) is 0 Å². The molecule has 154 valence electrons. The molecule has 0 saturated heterocycles. The number of halogens is 3. The number of rotatable bonds is 3. The van der Waals surface area contributed by atoms with E-state index in [-0.39, 0.29) is 4.90 Å². The summed E-state index contributed by atoms with van der Waals surface area (Å²) < 4.78 is 64.4. The third kappa shape index (κ3) is 4.53. The molecular weight excluding hydrogens is 401 g/mol. The maximum atomic E-state index is 13.2. The van der Waals surface area contributed by atoms with Gasteiger partial charge in [0.1, 0.15) is 0 Å². The van der Waals surface area contributed by atoms with Crippen LogP contribution in [0.5, 0.6) is 0 Å². The molecule has 0 atom stereocenters. The molecule has 2 aromatic carbocycles. The Morgan fingerprint density at radius 2 is 1.45 bits per heavy atom. The van der Waals surface area contributed by atoms with Crippen molar-refractivity contribution >= 4 is 9.84 Å². The van der Waals surface area contributed by atoms with Crippen LogP contribution in [-0.2, 0) is 21.6 Å². The largest absolute Gasteiger partial charge is 0.435 e. The van der Waals surface area contributed by atoms with Crippen molar-refractivity contribution in [2.45, 2.75) is 37.4 Å². The summed E-state index contributed by atoms with van der Waals surface area (Å²) in [4.78, 5) is 0.208. The van der Waals surface area contributed by atoms with Gasteiger partial charge < -0.3 is 0 Å².